The summed E-state index contributed by atoms with van der Waals surface area (Å²) in [5, 5.41) is 1.77. The molecule has 0 spiro atoms. The van der Waals surface area contributed by atoms with Gasteiger partial charge in [0.25, 0.3) is 5.56 Å². The van der Waals surface area contributed by atoms with Crippen molar-refractivity contribution >= 4 is 50.7 Å². The molecule has 2 aromatic carbocycles. The number of aromatic nitrogens is 2. The van der Waals surface area contributed by atoms with Crippen LogP contribution in [0.4, 0.5) is 0 Å². The lowest BCUT2D eigenvalue weighted by Gasteiger charge is -2.26. The van der Waals surface area contributed by atoms with Gasteiger partial charge in [-0.3, -0.25) is 14.2 Å². The van der Waals surface area contributed by atoms with E-state index in [2.05, 4.69) is 13.8 Å². The highest BCUT2D eigenvalue weighted by Gasteiger charge is 2.29. The molecule has 1 aliphatic heterocycles. The van der Waals surface area contributed by atoms with Crippen LogP contribution in [0.25, 0.3) is 15.9 Å². The number of hydrogen-bond acceptors (Lipinski definition) is 6. The Hall–Kier alpha value is -2.45. The van der Waals surface area contributed by atoms with Crippen molar-refractivity contribution in [2.75, 3.05) is 5.75 Å². The largest absolute Gasteiger partial charge is 0.372 e. The van der Waals surface area contributed by atoms with E-state index in [1.165, 1.54) is 23.1 Å². The van der Waals surface area contributed by atoms with Gasteiger partial charge in [-0.15, -0.1) is 11.3 Å². The third-order valence-electron chi connectivity index (χ3n) is 6.25. The molecule has 0 bridgehead atoms. The van der Waals surface area contributed by atoms with Crippen LogP contribution in [0.5, 0.6) is 0 Å². The minimum atomic E-state index is -0.0952. The number of thiophene rings is 1. The van der Waals surface area contributed by atoms with E-state index >= 15 is 0 Å². The predicted octanol–water partition coefficient (Wildman–Crippen LogP) is 6.48. The van der Waals surface area contributed by atoms with Crippen molar-refractivity contribution in [3.05, 3.63) is 85.5 Å². The Labute approximate surface area is 217 Å². The van der Waals surface area contributed by atoms with E-state index in [0.29, 0.717) is 44.9 Å². The molecule has 5 nitrogen and oxygen atoms in total. The van der Waals surface area contributed by atoms with Crippen LogP contribution in [0, 0.1) is 12.8 Å². The number of Topliss-reactive ketones (excluding diaryl/α,β-unsaturated/α-hetero) is 1. The van der Waals surface area contributed by atoms with Crippen LogP contribution < -0.4 is 5.56 Å². The van der Waals surface area contributed by atoms with Crippen molar-refractivity contribution in [3.63, 3.8) is 0 Å². The van der Waals surface area contributed by atoms with E-state index in [-0.39, 0.29) is 23.2 Å². The Balaban J connectivity index is 1.59. The zero-order chi connectivity index (χ0) is 24.7. The summed E-state index contributed by atoms with van der Waals surface area (Å²) in [5.41, 5.74) is 3.39. The highest BCUT2D eigenvalue weighted by Crippen LogP contribution is 2.36. The molecule has 3 heterocycles. The molecular weight excluding hydrogens is 500 g/mol. The Kier molecular flexibility index (Phi) is 6.86. The summed E-state index contributed by atoms with van der Waals surface area (Å²) in [6.07, 6.45) is 0.790. The molecule has 0 fully saturated rings. The first-order chi connectivity index (χ1) is 16.8. The summed E-state index contributed by atoms with van der Waals surface area (Å²) >= 11 is 8.76. The highest BCUT2D eigenvalue weighted by molar-refractivity contribution is 7.99. The maximum absolute atomic E-state index is 14.0. The maximum atomic E-state index is 14.0. The van der Waals surface area contributed by atoms with Gasteiger partial charge in [0, 0.05) is 21.9 Å². The lowest BCUT2D eigenvalue weighted by molar-refractivity contribution is 0.00200. The number of hydrogen-bond donors (Lipinski definition) is 0. The van der Waals surface area contributed by atoms with Crippen molar-refractivity contribution in [1.82, 2.24) is 9.55 Å². The second-order valence-electron chi connectivity index (χ2n) is 9.07. The van der Waals surface area contributed by atoms with Crippen molar-refractivity contribution in [3.8, 4) is 5.69 Å². The number of thioether (sulfide) groups is 1. The van der Waals surface area contributed by atoms with Gasteiger partial charge in [0.05, 0.1) is 29.5 Å². The number of rotatable bonds is 6. The van der Waals surface area contributed by atoms with E-state index < -0.39 is 0 Å². The van der Waals surface area contributed by atoms with E-state index in [9.17, 15) is 9.59 Å². The zero-order valence-electron chi connectivity index (χ0n) is 19.7. The van der Waals surface area contributed by atoms with Crippen LogP contribution in [0.15, 0.2) is 58.5 Å². The standard InChI is InChI=1S/C27H25ClN2O3S2/c1-15(2)22-12-20-23(13-33-22)35-25-24(20)26(32)30(19-10-4-16(3)5-11-19)27(29-25)34-14-21(31)17-6-8-18(28)9-7-17/h4-11,15,22H,12-14H2,1-3H3. The quantitative estimate of drug-likeness (QED) is 0.164. The van der Waals surface area contributed by atoms with Crippen LogP contribution in [0.3, 0.4) is 0 Å². The molecule has 8 heteroatoms. The molecule has 0 radical (unpaired) electrons. The van der Waals surface area contributed by atoms with Crippen molar-refractivity contribution in [2.45, 2.75) is 45.1 Å². The molecule has 1 unspecified atom stereocenters. The van der Waals surface area contributed by atoms with E-state index in [1.807, 2.05) is 31.2 Å². The zero-order valence-corrected chi connectivity index (χ0v) is 22.1. The van der Waals surface area contributed by atoms with Crippen LogP contribution in [0.1, 0.15) is 40.2 Å². The van der Waals surface area contributed by atoms with Gasteiger partial charge < -0.3 is 4.74 Å². The SMILES string of the molecule is Cc1ccc(-n2c(SCC(=O)c3ccc(Cl)cc3)nc3sc4c(c3c2=O)CC(C(C)C)OC4)cc1. The Morgan fingerprint density at radius 3 is 2.60 bits per heavy atom. The number of ether oxygens (including phenoxy) is 1. The Bertz CT molecular complexity index is 1460. The second-order valence-corrected chi connectivity index (χ2v) is 11.5. The van der Waals surface area contributed by atoms with E-state index in [1.54, 1.807) is 28.8 Å². The molecule has 5 rings (SSSR count). The monoisotopic (exact) mass is 524 g/mol. The van der Waals surface area contributed by atoms with Gasteiger partial charge in [0.1, 0.15) is 4.83 Å². The normalized spacial score (nSPS) is 15.5. The molecule has 180 valence electrons. The van der Waals surface area contributed by atoms with Gasteiger partial charge in [0.2, 0.25) is 0 Å². The third kappa shape index (κ3) is 4.83. The van der Waals surface area contributed by atoms with Crippen molar-refractivity contribution in [2.24, 2.45) is 5.92 Å². The molecule has 0 N–H and O–H groups in total. The minimum Gasteiger partial charge on any atom is -0.372 e. The topological polar surface area (TPSA) is 61.2 Å². The first-order valence-corrected chi connectivity index (χ1v) is 13.7. The van der Waals surface area contributed by atoms with E-state index in [0.717, 1.165) is 21.7 Å². The predicted molar refractivity (Wildman–Crippen MR) is 144 cm³/mol. The number of carbonyl (C=O) groups is 1. The molecule has 0 saturated heterocycles. The lowest BCUT2D eigenvalue weighted by Crippen LogP contribution is -2.28. The number of benzene rings is 2. The van der Waals surface area contributed by atoms with Gasteiger partial charge in [-0.1, -0.05) is 54.9 Å². The lowest BCUT2D eigenvalue weighted by atomic mass is 9.96. The molecule has 0 aliphatic carbocycles. The van der Waals surface area contributed by atoms with Crippen LogP contribution in [-0.2, 0) is 17.8 Å². The fourth-order valence-electron chi connectivity index (χ4n) is 4.20. The minimum absolute atomic E-state index is 0.0462. The fraction of sp³-hybridized carbons (Fsp3) is 0.296. The summed E-state index contributed by atoms with van der Waals surface area (Å²) in [4.78, 5) is 33.5. The molecule has 0 amide bonds. The molecule has 1 aliphatic rings. The van der Waals surface area contributed by atoms with Crippen LogP contribution in [-0.4, -0.2) is 27.2 Å². The second kappa shape index (κ2) is 9.90. The van der Waals surface area contributed by atoms with Gasteiger partial charge in [-0.25, -0.2) is 4.98 Å². The average molecular weight is 525 g/mol. The van der Waals surface area contributed by atoms with Crippen molar-refractivity contribution in [1.29, 1.82) is 0 Å². The first kappa shape index (κ1) is 24.3. The van der Waals surface area contributed by atoms with Crippen LogP contribution >= 0.6 is 34.7 Å². The fourth-order valence-corrected chi connectivity index (χ4v) is 6.40. The number of nitrogens with zero attached hydrogens (tertiary/aromatic N) is 2. The Morgan fingerprint density at radius 1 is 1.20 bits per heavy atom. The molecule has 0 saturated carbocycles. The number of ketones is 1. The van der Waals surface area contributed by atoms with E-state index in [4.69, 9.17) is 21.3 Å². The highest BCUT2D eigenvalue weighted by atomic mass is 35.5. The average Bonchev–Trinajstić information content (AvgIpc) is 3.21. The maximum Gasteiger partial charge on any atom is 0.267 e. The summed E-state index contributed by atoms with van der Waals surface area (Å²) in [5.74, 6) is 0.476. The van der Waals surface area contributed by atoms with Gasteiger partial charge in [-0.2, -0.15) is 0 Å². The summed E-state index contributed by atoms with van der Waals surface area (Å²) < 4.78 is 7.69. The van der Waals surface area contributed by atoms with Gasteiger partial charge >= 0.3 is 0 Å². The number of halogens is 1. The van der Waals surface area contributed by atoms with Crippen molar-refractivity contribution < 1.29 is 9.53 Å². The van der Waals surface area contributed by atoms with Gasteiger partial charge in [-0.05, 0) is 54.8 Å². The Morgan fingerprint density at radius 2 is 1.91 bits per heavy atom. The molecular formula is C27H25ClN2O3S2. The molecule has 35 heavy (non-hydrogen) atoms. The third-order valence-corrected chi connectivity index (χ3v) is 8.54. The molecule has 1 atom stereocenters. The number of aryl methyl sites for hydroxylation is 1. The van der Waals surface area contributed by atoms with Gasteiger partial charge in [0.15, 0.2) is 10.9 Å². The molecule has 2 aromatic heterocycles. The smallest absolute Gasteiger partial charge is 0.267 e. The number of fused-ring (bicyclic) bond motifs is 3. The molecule has 4 aromatic rings. The van der Waals surface area contributed by atoms with Crippen LogP contribution in [0.2, 0.25) is 5.02 Å². The number of carbonyl (C=O) groups excluding carboxylic acids is 1. The summed E-state index contributed by atoms with van der Waals surface area (Å²) in [6.45, 7) is 6.79. The summed E-state index contributed by atoms with van der Waals surface area (Å²) in [7, 11) is 0. The first-order valence-electron chi connectivity index (χ1n) is 11.5. The summed E-state index contributed by atoms with van der Waals surface area (Å²) in [6, 6.07) is 14.6.